The summed E-state index contributed by atoms with van der Waals surface area (Å²) in [6, 6.07) is 3.64. The SMILES string of the molecule is N#Cc1cc(CCl)c(I)cc1C(F)(F)F. The summed E-state index contributed by atoms with van der Waals surface area (Å²) in [5, 5.41) is 8.60. The highest BCUT2D eigenvalue weighted by Crippen LogP contribution is 2.34. The Hall–Kier alpha value is -0.480. The van der Waals surface area contributed by atoms with E-state index in [9.17, 15) is 13.2 Å². The van der Waals surface area contributed by atoms with Crippen molar-refractivity contribution in [2.24, 2.45) is 0 Å². The maximum absolute atomic E-state index is 12.5. The summed E-state index contributed by atoms with van der Waals surface area (Å²) in [4.78, 5) is 0. The smallest absolute Gasteiger partial charge is 0.192 e. The van der Waals surface area contributed by atoms with Gasteiger partial charge in [-0.1, -0.05) is 0 Å². The van der Waals surface area contributed by atoms with Crippen molar-refractivity contribution in [3.05, 3.63) is 32.4 Å². The van der Waals surface area contributed by atoms with Crippen LogP contribution in [0.5, 0.6) is 0 Å². The number of benzene rings is 1. The first-order valence-electron chi connectivity index (χ1n) is 3.76. The van der Waals surface area contributed by atoms with Crippen LogP contribution in [0.1, 0.15) is 16.7 Å². The molecule has 1 aromatic rings. The van der Waals surface area contributed by atoms with Crippen LogP contribution >= 0.6 is 34.2 Å². The molecule has 0 aliphatic heterocycles. The Morgan fingerprint density at radius 2 is 2.00 bits per heavy atom. The van der Waals surface area contributed by atoms with Crippen molar-refractivity contribution in [3.8, 4) is 6.07 Å². The second-order valence-corrected chi connectivity index (χ2v) is 4.16. The van der Waals surface area contributed by atoms with Gasteiger partial charge in [-0.05, 0) is 40.3 Å². The molecule has 0 aliphatic carbocycles. The molecule has 0 N–H and O–H groups in total. The number of nitriles is 1. The molecule has 1 rings (SSSR count). The van der Waals surface area contributed by atoms with Gasteiger partial charge in [0.2, 0.25) is 0 Å². The topological polar surface area (TPSA) is 23.8 Å². The molecule has 0 saturated heterocycles. The molecule has 6 heteroatoms. The fourth-order valence-electron chi connectivity index (χ4n) is 1.05. The lowest BCUT2D eigenvalue weighted by atomic mass is 10.1. The summed E-state index contributed by atoms with van der Waals surface area (Å²) in [5.41, 5.74) is -0.774. The summed E-state index contributed by atoms with van der Waals surface area (Å²) in [6.45, 7) is 0. The molecular weight excluding hydrogens is 341 g/mol. The molecule has 0 aliphatic rings. The monoisotopic (exact) mass is 345 g/mol. The number of hydrogen-bond acceptors (Lipinski definition) is 1. The molecule has 0 fully saturated rings. The summed E-state index contributed by atoms with van der Waals surface area (Å²) < 4.78 is 37.8. The van der Waals surface area contributed by atoms with Crippen molar-refractivity contribution in [2.45, 2.75) is 12.1 Å². The number of nitrogens with zero attached hydrogens (tertiary/aromatic N) is 1. The Morgan fingerprint density at radius 1 is 1.40 bits per heavy atom. The average Bonchev–Trinajstić information content (AvgIpc) is 2.16. The molecule has 0 unspecified atom stereocenters. The van der Waals surface area contributed by atoms with Crippen LogP contribution in [0.2, 0.25) is 0 Å². The predicted octanol–water partition coefficient (Wildman–Crippen LogP) is 3.92. The number of rotatable bonds is 1. The first-order chi connectivity index (χ1) is 6.90. The molecule has 0 atom stereocenters. The van der Waals surface area contributed by atoms with Gasteiger partial charge in [-0.25, -0.2) is 0 Å². The highest BCUT2D eigenvalue weighted by molar-refractivity contribution is 14.1. The molecule has 1 aromatic carbocycles. The molecule has 0 aromatic heterocycles. The minimum atomic E-state index is -4.50. The van der Waals surface area contributed by atoms with Crippen LogP contribution in [-0.4, -0.2) is 0 Å². The van der Waals surface area contributed by atoms with Crippen molar-refractivity contribution < 1.29 is 13.2 Å². The zero-order valence-corrected chi connectivity index (χ0v) is 10.1. The Morgan fingerprint density at radius 3 is 2.40 bits per heavy atom. The fourth-order valence-corrected chi connectivity index (χ4v) is 2.15. The van der Waals surface area contributed by atoms with E-state index in [2.05, 4.69) is 0 Å². The zero-order chi connectivity index (χ0) is 11.6. The molecule has 0 spiro atoms. The minimum Gasteiger partial charge on any atom is -0.192 e. The number of alkyl halides is 4. The lowest BCUT2D eigenvalue weighted by Gasteiger charge is -2.11. The van der Waals surface area contributed by atoms with E-state index in [-0.39, 0.29) is 5.88 Å². The highest BCUT2D eigenvalue weighted by atomic mass is 127. The van der Waals surface area contributed by atoms with Gasteiger partial charge < -0.3 is 0 Å². The van der Waals surface area contributed by atoms with Crippen LogP contribution in [0.15, 0.2) is 12.1 Å². The van der Waals surface area contributed by atoms with E-state index in [1.807, 2.05) is 0 Å². The lowest BCUT2D eigenvalue weighted by Crippen LogP contribution is -2.09. The van der Waals surface area contributed by atoms with Crippen molar-refractivity contribution in [1.29, 1.82) is 5.26 Å². The van der Waals surface area contributed by atoms with Crippen LogP contribution in [0, 0.1) is 14.9 Å². The standard InChI is InChI=1S/C9H4ClF3IN/c10-3-5-1-6(4-15)7(2-8(5)14)9(11,12)13/h1-2H,3H2. The second-order valence-electron chi connectivity index (χ2n) is 2.73. The average molecular weight is 345 g/mol. The van der Waals surface area contributed by atoms with E-state index < -0.39 is 17.3 Å². The molecule has 1 nitrogen and oxygen atoms in total. The van der Waals surface area contributed by atoms with Gasteiger partial charge >= 0.3 is 6.18 Å². The quantitative estimate of drug-likeness (QED) is 0.559. The van der Waals surface area contributed by atoms with E-state index in [1.165, 1.54) is 12.1 Å². The Kier molecular flexibility index (Phi) is 3.84. The van der Waals surface area contributed by atoms with E-state index in [0.29, 0.717) is 9.13 Å². The van der Waals surface area contributed by atoms with Crippen LogP contribution in [0.4, 0.5) is 13.2 Å². The van der Waals surface area contributed by atoms with E-state index >= 15 is 0 Å². The van der Waals surface area contributed by atoms with Crippen molar-refractivity contribution in [2.75, 3.05) is 0 Å². The predicted molar refractivity (Wildman–Crippen MR) is 58.4 cm³/mol. The normalized spacial score (nSPS) is 11.2. The molecule has 80 valence electrons. The molecule has 0 amide bonds. The largest absolute Gasteiger partial charge is 0.417 e. The summed E-state index contributed by atoms with van der Waals surface area (Å²) in [6.07, 6.45) is -4.50. The Balaban J connectivity index is 3.43. The Bertz CT molecular complexity index is 423. The lowest BCUT2D eigenvalue weighted by molar-refractivity contribution is -0.137. The Labute approximate surface area is 103 Å². The number of hydrogen-bond donors (Lipinski definition) is 0. The van der Waals surface area contributed by atoms with E-state index in [4.69, 9.17) is 16.9 Å². The van der Waals surface area contributed by atoms with Gasteiger partial charge in [-0.15, -0.1) is 11.6 Å². The van der Waals surface area contributed by atoms with E-state index in [0.717, 1.165) is 6.07 Å². The maximum atomic E-state index is 12.5. The molecule has 0 radical (unpaired) electrons. The van der Waals surface area contributed by atoms with Crippen LogP contribution in [0.3, 0.4) is 0 Å². The minimum absolute atomic E-state index is 0.0884. The first kappa shape index (κ1) is 12.6. The van der Waals surface area contributed by atoms with Gasteiger partial charge in [0.05, 0.1) is 17.2 Å². The summed E-state index contributed by atoms with van der Waals surface area (Å²) >= 11 is 7.30. The molecule has 0 bridgehead atoms. The van der Waals surface area contributed by atoms with Gasteiger partial charge in [-0.2, -0.15) is 18.4 Å². The first-order valence-corrected chi connectivity index (χ1v) is 5.37. The third kappa shape index (κ3) is 2.75. The van der Waals surface area contributed by atoms with Crippen LogP contribution in [-0.2, 0) is 12.1 Å². The summed E-state index contributed by atoms with van der Waals surface area (Å²) in [5.74, 6) is 0.0884. The van der Waals surface area contributed by atoms with Crippen molar-refractivity contribution in [3.63, 3.8) is 0 Å². The van der Waals surface area contributed by atoms with Crippen molar-refractivity contribution in [1.82, 2.24) is 0 Å². The van der Waals surface area contributed by atoms with Crippen LogP contribution < -0.4 is 0 Å². The van der Waals surface area contributed by atoms with Gasteiger partial charge in [0.25, 0.3) is 0 Å². The highest BCUT2D eigenvalue weighted by Gasteiger charge is 2.34. The van der Waals surface area contributed by atoms with E-state index in [1.54, 1.807) is 22.6 Å². The van der Waals surface area contributed by atoms with Gasteiger partial charge in [0.15, 0.2) is 0 Å². The van der Waals surface area contributed by atoms with Crippen LogP contribution in [0.25, 0.3) is 0 Å². The molecule has 15 heavy (non-hydrogen) atoms. The molecule has 0 heterocycles. The van der Waals surface area contributed by atoms with Gasteiger partial charge in [0.1, 0.15) is 0 Å². The summed E-state index contributed by atoms with van der Waals surface area (Å²) in [7, 11) is 0. The molecule has 0 saturated carbocycles. The fraction of sp³-hybridized carbons (Fsp3) is 0.222. The maximum Gasteiger partial charge on any atom is 0.417 e. The molecular formula is C9H4ClF3IN. The number of halogens is 5. The van der Waals surface area contributed by atoms with Crippen molar-refractivity contribution >= 4 is 34.2 Å². The van der Waals surface area contributed by atoms with Gasteiger partial charge in [-0.3, -0.25) is 0 Å². The van der Waals surface area contributed by atoms with Gasteiger partial charge in [0, 0.05) is 9.45 Å². The third-order valence-corrected chi connectivity index (χ3v) is 3.05. The zero-order valence-electron chi connectivity index (χ0n) is 7.20. The second kappa shape index (κ2) is 4.58. The third-order valence-electron chi connectivity index (χ3n) is 1.76.